The minimum Gasteiger partial charge on any atom is -0.335 e. The SMILES string of the molecule is O=C(NC(CC(F)(F)F)C1CC1)N1CCc2n[nH]c(=O)cc2C1. The minimum absolute atomic E-state index is 0.0952. The van der Waals surface area contributed by atoms with Crippen LogP contribution in [0.15, 0.2) is 10.9 Å². The third-order valence-electron chi connectivity index (χ3n) is 4.20. The molecule has 0 bridgehead atoms. The minimum atomic E-state index is -4.30. The molecule has 2 amide bonds. The van der Waals surface area contributed by atoms with Crippen molar-refractivity contribution in [1.29, 1.82) is 0 Å². The number of amides is 2. The van der Waals surface area contributed by atoms with E-state index in [-0.39, 0.29) is 18.0 Å². The second kappa shape index (κ2) is 5.86. The van der Waals surface area contributed by atoms with Crippen molar-refractivity contribution < 1.29 is 18.0 Å². The Morgan fingerprint density at radius 1 is 1.48 bits per heavy atom. The van der Waals surface area contributed by atoms with E-state index in [1.807, 2.05) is 0 Å². The van der Waals surface area contributed by atoms with Crippen molar-refractivity contribution in [1.82, 2.24) is 20.4 Å². The van der Waals surface area contributed by atoms with E-state index in [9.17, 15) is 22.8 Å². The fraction of sp³-hybridized carbons (Fsp3) is 0.643. The van der Waals surface area contributed by atoms with Crippen molar-refractivity contribution in [2.45, 2.75) is 44.4 Å². The topological polar surface area (TPSA) is 78.1 Å². The van der Waals surface area contributed by atoms with Gasteiger partial charge in [0.1, 0.15) is 0 Å². The number of aromatic amines is 1. The highest BCUT2D eigenvalue weighted by atomic mass is 19.4. The number of alkyl halides is 3. The molecule has 0 aromatic carbocycles. The molecule has 1 saturated carbocycles. The van der Waals surface area contributed by atoms with Crippen LogP contribution in [0.25, 0.3) is 0 Å². The molecule has 1 atom stereocenters. The second-order valence-electron chi connectivity index (χ2n) is 6.09. The molecule has 0 saturated heterocycles. The average Bonchev–Trinajstić information content (AvgIpc) is 3.28. The van der Waals surface area contributed by atoms with Gasteiger partial charge < -0.3 is 10.2 Å². The predicted octanol–water partition coefficient (Wildman–Crippen LogP) is 1.57. The zero-order valence-corrected chi connectivity index (χ0v) is 12.3. The van der Waals surface area contributed by atoms with Crippen LogP contribution in [0.4, 0.5) is 18.0 Å². The second-order valence-corrected chi connectivity index (χ2v) is 6.09. The van der Waals surface area contributed by atoms with Crippen LogP contribution in [0.5, 0.6) is 0 Å². The van der Waals surface area contributed by atoms with Crippen molar-refractivity contribution in [3.63, 3.8) is 0 Å². The predicted molar refractivity (Wildman–Crippen MR) is 74.7 cm³/mol. The van der Waals surface area contributed by atoms with Crippen molar-refractivity contribution >= 4 is 6.03 Å². The number of carbonyl (C=O) groups excluding carboxylic acids is 1. The number of aromatic nitrogens is 2. The van der Waals surface area contributed by atoms with Crippen molar-refractivity contribution in [3.8, 4) is 0 Å². The standard InChI is InChI=1S/C14H17F3N4O2/c15-14(16,17)6-11(8-1-2-8)18-13(23)21-4-3-10-9(7-21)5-12(22)20-19-10/h5,8,11H,1-4,6-7H2,(H,18,23)(H,20,22). The van der Waals surface area contributed by atoms with Gasteiger partial charge in [0.25, 0.3) is 5.56 Å². The molecule has 1 aliphatic heterocycles. The maximum atomic E-state index is 12.6. The lowest BCUT2D eigenvalue weighted by Crippen LogP contribution is -2.48. The Balaban J connectivity index is 1.65. The molecule has 1 aromatic rings. The van der Waals surface area contributed by atoms with Crippen LogP contribution in [0.2, 0.25) is 0 Å². The molecule has 2 N–H and O–H groups in total. The van der Waals surface area contributed by atoms with Gasteiger partial charge in [-0.1, -0.05) is 0 Å². The van der Waals surface area contributed by atoms with Gasteiger partial charge in [-0.25, -0.2) is 9.89 Å². The molecule has 1 aromatic heterocycles. The molecule has 1 aliphatic carbocycles. The maximum Gasteiger partial charge on any atom is 0.391 e. The lowest BCUT2D eigenvalue weighted by atomic mass is 10.1. The Bertz CT molecular complexity index is 654. The van der Waals surface area contributed by atoms with Gasteiger partial charge in [-0.3, -0.25) is 4.79 Å². The van der Waals surface area contributed by atoms with Crippen molar-refractivity contribution in [3.05, 3.63) is 27.7 Å². The molecule has 126 valence electrons. The molecule has 0 spiro atoms. The number of fused-ring (bicyclic) bond motifs is 1. The monoisotopic (exact) mass is 330 g/mol. The summed E-state index contributed by atoms with van der Waals surface area (Å²) >= 11 is 0. The van der Waals surface area contributed by atoms with Crippen LogP contribution < -0.4 is 10.9 Å². The number of H-pyrrole nitrogens is 1. The average molecular weight is 330 g/mol. The first kappa shape index (κ1) is 15.8. The van der Waals surface area contributed by atoms with Gasteiger partial charge >= 0.3 is 12.2 Å². The van der Waals surface area contributed by atoms with Crippen LogP contribution in [0.3, 0.4) is 0 Å². The van der Waals surface area contributed by atoms with Gasteiger partial charge in [-0.2, -0.15) is 18.3 Å². The van der Waals surface area contributed by atoms with E-state index in [4.69, 9.17) is 0 Å². The third kappa shape index (κ3) is 4.02. The summed E-state index contributed by atoms with van der Waals surface area (Å²) in [6, 6.07) is -0.0196. The fourth-order valence-electron chi connectivity index (χ4n) is 2.85. The van der Waals surface area contributed by atoms with Crippen LogP contribution >= 0.6 is 0 Å². The highest BCUT2D eigenvalue weighted by Crippen LogP contribution is 2.37. The summed E-state index contributed by atoms with van der Waals surface area (Å²) in [4.78, 5) is 25.0. The summed E-state index contributed by atoms with van der Waals surface area (Å²) < 4.78 is 37.8. The van der Waals surface area contributed by atoms with Gasteiger partial charge in [0, 0.05) is 37.2 Å². The van der Waals surface area contributed by atoms with Gasteiger partial charge in [0.2, 0.25) is 0 Å². The molecule has 1 fully saturated rings. The summed E-state index contributed by atoms with van der Waals surface area (Å²) in [6.45, 7) is 0.544. The molecular formula is C14H17F3N4O2. The first-order chi connectivity index (χ1) is 10.8. The number of nitrogens with one attached hydrogen (secondary N) is 2. The van der Waals surface area contributed by atoms with E-state index < -0.39 is 24.7 Å². The highest BCUT2D eigenvalue weighted by molar-refractivity contribution is 5.75. The number of hydrogen-bond acceptors (Lipinski definition) is 3. The molecule has 23 heavy (non-hydrogen) atoms. The van der Waals surface area contributed by atoms with Gasteiger partial charge in [0.15, 0.2) is 0 Å². The number of nitrogens with zero attached hydrogens (tertiary/aromatic N) is 2. The summed E-state index contributed by atoms with van der Waals surface area (Å²) in [7, 11) is 0. The summed E-state index contributed by atoms with van der Waals surface area (Å²) in [5.74, 6) is -0.0952. The van der Waals surface area contributed by atoms with E-state index in [1.54, 1.807) is 0 Å². The number of halogens is 3. The van der Waals surface area contributed by atoms with Gasteiger partial charge in [0.05, 0.1) is 12.1 Å². The molecule has 0 radical (unpaired) electrons. The summed E-state index contributed by atoms with van der Waals surface area (Å²) in [5.41, 5.74) is 0.982. The molecule has 2 heterocycles. The van der Waals surface area contributed by atoms with Crippen LogP contribution in [0, 0.1) is 5.92 Å². The Morgan fingerprint density at radius 2 is 2.22 bits per heavy atom. The zero-order valence-electron chi connectivity index (χ0n) is 12.3. The van der Waals surface area contributed by atoms with E-state index in [1.165, 1.54) is 11.0 Å². The maximum absolute atomic E-state index is 12.6. The van der Waals surface area contributed by atoms with E-state index >= 15 is 0 Å². The lowest BCUT2D eigenvalue weighted by Gasteiger charge is -2.30. The Morgan fingerprint density at radius 3 is 2.87 bits per heavy atom. The molecule has 6 nitrogen and oxygen atoms in total. The van der Waals surface area contributed by atoms with Crippen molar-refractivity contribution in [2.24, 2.45) is 5.92 Å². The number of urea groups is 1. The van der Waals surface area contributed by atoms with Crippen molar-refractivity contribution in [2.75, 3.05) is 6.54 Å². The molecule has 2 aliphatic rings. The number of carbonyl (C=O) groups is 1. The zero-order chi connectivity index (χ0) is 16.6. The van der Waals surface area contributed by atoms with E-state index in [0.29, 0.717) is 37.1 Å². The highest BCUT2D eigenvalue weighted by Gasteiger charge is 2.41. The molecule has 3 rings (SSSR count). The molecule has 1 unspecified atom stereocenters. The van der Waals surface area contributed by atoms with Crippen LogP contribution in [-0.2, 0) is 13.0 Å². The van der Waals surface area contributed by atoms with E-state index in [0.717, 1.165) is 0 Å². The fourth-order valence-corrected chi connectivity index (χ4v) is 2.85. The van der Waals surface area contributed by atoms with Crippen LogP contribution in [-0.4, -0.2) is 39.9 Å². The summed E-state index contributed by atoms with van der Waals surface area (Å²) in [6.07, 6.45) is -3.42. The van der Waals surface area contributed by atoms with Gasteiger partial charge in [-0.15, -0.1) is 0 Å². The van der Waals surface area contributed by atoms with Gasteiger partial charge in [-0.05, 0) is 18.8 Å². The van der Waals surface area contributed by atoms with E-state index in [2.05, 4.69) is 15.5 Å². The molecular weight excluding hydrogens is 313 g/mol. The quantitative estimate of drug-likeness (QED) is 0.883. The number of rotatable bonds is 3. The Labute approximate surface area is 130 Å². The Kier molecular flexibility index (Phi) is 4.03. The third-order valence-corrected chi connectivity index (χ3v) is 4.20. The summed E-state index contributed by atoms with van der Waals surface area (Å²) in [5, 5.41) is 8.76. The van der Waals surface area contributed by atoms with Crippen LogP contribution in [0.1, 0.15) is 30.5 Å². The lowest BCUT2D eigenvalue weighted by molar-refractivity contribution is -0.140. The Hall–Kier alpha value is -2.06. The normalized spacial score (nSPS) is 19.2. The smallest absolute Gasteiger partial charge is 0.335 e. The first-order valence-electron chi connectivity index (χ1n) is 7.51. The number of hydrogen-bond donors (Lipinski definition) is 2. The first-order valence-corrected chi connectivity index (χ1v) is 7.51. The molecule has 9 heteroatoms. The largest absolute Gasteiger partial charge is 0.391 e.